The fourth-order valence-corrected chi connectivity index (χ4v) is 15.7. The minimum absolute atomic E-state index is 0.108. The largest absolute Gasteiger partial charge is 0.472 e. The van der Waals surface area contributed by atoms with Crippen LogP contribution in [0.1, 0.15) is 485 Å². The summed E-state index contributed by atoms with van der Waals surface area (Å²) in [5.74, 6) is -0.548. The van der Waals surface area contributed by atoms with Gasteiger partial charge in [0, 0.05) is 25.7 Å². The summed E-state index contributed by atoms with van der Waals surface area (Å²) in [7, 11) is -9.93. The van der Waals surface area contributed by atoms with Crippen molar-refractivity contribution in [3.63, 3.8) is 0 Å². The van der Waals surface area contributed by atoms with E-state index in [0.717, 1.165) is 108 Å². The molecule has 19 heteroatoms. The van der Waals surface area contributed by atoms with Gasteiger partial charge in [0.25, 0.3) is 0 Å². The van der Waals surface area contributed by atoms with Gasteiger partial charge < -0.3 is 33.8 Å². The number of ether oxygens (including phenoxy) is 4. The Morgan fingerprint density at radius 3 is 0.697 bits per heavy atom. The third kappa shape index (κ3) is 82.4. The summed E-state index contributed by atoms with van der Waals surface area (Å²) >= 11 is 0. The number of hydrogen-bond donors (Lipinski definition) is 3. The molecule has 0 aliphatic carbocycles. The third-order valence-corrected chi connectivity index (χ3v) is 23.5. The number of unbranched alkanes of at least 4 members (excludes halogenated alkanes) is 58. The number of aliphatic hydroxyl groups is 1. The van der Waals surface area contributed by atoms with Gasteiger partial charge in [-0.25, -0.2) is 9.13 Å². The van der Waals surface area contributed by atoms with Crippen molar-refractivity contribution in [2.24, 2.45) is 11.8 Å². The Morgan fingerprint density at radius 1 is 0.266 bits per heavy atom. The molecule has 0 heterocycles. The minimum atomic E-state index is -4.97. The molecular formula is C90H176O17P2. The van der Waals surface area contributed by atoms with Crippen LogP contribution in [0.2, 0.25) is 0 Å². The Labute approximate surface area is 670 Å². The first-order valence-corrected chi connectivity index (χ1v) is 49.5. The molecule has 0 saturated heterocycles. The van der Waals surface area contributed by atoms with E-state index >= 15 is 0 Å². The molecule has 3 unspecified atom stereocenters. The Bertz CT molecular complexity index is 2080. The first kappa shape index (κ1) is 107. The molecule has 6 atom stereocenters. The van der Waals surface area contributed by atoms with E-state index in [-0.39, 0.29) is 25.7 Å². The maximum atomic E-state index is 13.2. The normalized spacial score (nSPS) is 14.0. The van der Waals surface area contributed by atoms with E-state index in [1.165, 1.54) is 295 Å². The summed E-state index contributed by atoms with van der Waals surface area (Å²) in [6, 6.07) is 0. The summed E-state index contributed by atoms with van der Waals surface area (Å²) in [5.41, 5.74) is 0. The summed E-state index contributed by atoms with van der Waals surface area (Å²) in [4.78, 5) is 73.4. The van der Waals surface area contributed by atoms with Crippen molar-refractivity contribution in [2.45, 2.75) is 503 Å². The van der Waals surface area contributed by atoms with Crippen LogP contribution in [0, 0.1) is 11.8 Å². The van der Waals surface area contributed by atoms with Crippen LogP contribution in [0.3, 0.4) is 0 Å². The van der Waals surface area contributed by atoms with Gasteiger partial charge in [-0.05, 0) is 37.5 Å². The molecule has 0 aliphatic heterocycles. The standard InChI is InChI=1S/C90H176O17P2/c1-7-10-12-14-16-18-20-22-24-26-28-33-37-41-45-49-53-60-66-72-87(92)100-78-85(106-89(94)74-68-62-55-51-47-43-39-35-31-30-32-36-40-44-48-52-58-64-70-82(4)5)80-104-108(96,97)102-76-84(91)77-103-109(98,99)105-81-86(79-101-88(93)73-67-61-57-56-59-65-71-83(6)9-3)107-90(95)75-69-63-54-50-46-42-38-34-29-27-25-23-21-19-17-15-13-11-8-2/h82-86,91H,7-81H2,1-6H3,(H,96,97)(H,98,99)/t83?,84-,85-,86-/m1/s1. The van der Waals surface area contributed by atoms with Gasteiger partial charge in [0.1, 0.15) is 19.3 Å². The quantitative estimate of drug-likeness (QED) is 0.0222. The van der Waals surface area contributed by atoms with Gasteiger partial charge in [-0.2, -0.15) is 0 Å². The smallest absolute Gasteiger partial charge is 0.462 e. The Hall–Kier alpha value is -1.94. The topological polar surface area (TPSA) is 237 Å². The fraction of sp³-hybridized carbons (Fsp3) is 0.956. The number of phosphoric ester groups is 2. The number of hydrogen-bond acceptors (Lipinski definition) is 15. The Kier molecular flexibility index (Phi) is 79.8. The highest BCUT2D eigenvalue weighted by Crippen LogP contribution is 2.45. The van der Waals surface area contributed by atoms with E-state index in [1.807, 2.05) is 0 Å². The number of aliphatic hydroxyl groups excluding tert-OH is 1. The second-order valence-corrected chi connectivity index (χ2v) is 36.0. The van der Waals surface area contributed by atoms with Crippen molar-refractivity contribution in [2.75, 3.05) is 39.6 Å². The highest BCUT2D eigenvalue weighted by Gasteiger charge is 2.31. The molecule has 0 fully saturated rings. The number of phosphoric acid groups is 2. The fourth-order valence-electron chi connectivity index (χ4n) is 14.1. The van der Waals surface area contributed by atoms with Crippen molar-refractivity contribution in [3.05, 3.63) is 0 Å². The SMILES string of the molecule is CCCCCCCCCCCCCCCCCCCCCC(=O)OC[C@H](COP(=O)(O)OC[C@@H](O)COP(=O)(O)OC[C@@H](COC(=O)CCCCCCCCC(C)CC)OC(=O)CCCCCCCCCCCCCCCCCCCCC)OC(=O)CCCCCCCCCCCCCCCCCCCCC(C)C. The molecular weight excluding hydrogens is 1410 g/mol. The first-order chi connectivity index (χ1) is 52.9. The van der Waals surface area contributed by atoms with Crippen LogP contribution in [-0.2, 0) is 65.4 Å². The van der Waals surface area contributed by atoms with Crippen LogP contribution in [0.25, 0.3) is 0 Å². The van der Waals surface area contributed by atoms with Crippen LogP contribution in [-0.4, -0.2) is 96.7 Å². The molecule has 0 aromatic rings. The predicted octanol–water partition coefficient (Wildman–Crippen LogP) is 27.8. The van der Waals surface area contributed by atoms with Gasteiger partial charge in [-0.3, -0.25) is 37.3 Å². The molecule has 0 amide bonds. The highest BCUT2D eigenvalue weighted by atomic mass is 31.2. The zero-order chi connectivity index (χ0) is 79.9. The summed E-state index contributed by atoms with van der Waals surface area (Å²) < 4.78 is 69.0. The summed E-state index contributed by atoms with van der Waals surface area (Å²) in [6.07, 6.45) is 75.2. The van der Waals surface area contributed by atoms with E-state index < -0.39 is 97.5 Å². The zero-order valence-electron chi connectivity index (χ0n) is 71.9. The summed E-state index contributed by atoms with van der Waals surface area (Å²) in [6.45, 7) is 9.69. The maximum Gasteiger partial charge on any atom is 0.472 e. The monoisotopic (exact) mass is 1590 g/mol. The van der Waals surface area contributed by atoms with Gasteiger partial charge in [0.2, 0.25) is 0 Å². The molecule has 0 saturated carbocycles. The van der Waals surface area contributed by atoms with E-state index in [2.05, 4.69) is 41.5 Å². The second-order valence-electron chi connectivity index (χ2n) is 33.1. The molecule has 0 spiro atoms. The van der Waals surface area contributed by atoms with Crippen LogP contribution in [0.5, 0.6) is 0 Å². The van der Waals surface area contributed by atoms with Gasteiger partial charge in [0.15, 0.2) is 12.2 Å². The minimum Gasteiger partial charge on any atom is -0.462 e. The second kappa shape index (κ2) is 81.2. The molecule has 648 valence electrons. The van der Waals surface area contributed by atoms with Crippen molar-refractivity contribution >= 4 is 39.5 Å². The maximum absolute atomic E-state index is 13.2. The predicted molar refractivity (Wildman–Crippen MR) is 451 cm³/mol. The molecule has 0 aliphatic rings. The lowest BCUT2D eigenvalue weighted by atomic mass is 10.00. The van der Waals surface area contributed by atoms with E-state index in [0.29, 0.717) is 25.7 Å². The molecule has 0 rings (SSSR count). The molecule has 17 nitrogen and oxygen atoms in total. The highest BCUT2D eigenvalue weighted by molar-refractivity contribution is 7.47. The lowest BCUT2D eigenvalue weighted by Crippen LogP contribution is -2.30. The molecule has 109 heavy (non-hydrogen) atoms. The van der Waals surface area contributed by atoms with Gasteiger partial charge in [-0.1, -0.05) is 433 Å². The average Bonchev–Trinajstić information content (AvgIpc) is 0.990. The number of carbonyl (C=O) groups excluding carboxylic acids is 4. The number of rotatable bonds is 89. The van der Waals surface area contributed by atoms with Crippen LogP contribution in [0.4, 0.5) is 0 Å². The Morgan fingerprint density at radius 2 is 0.468 bits per heavy atom. The molecule has 3 N–H and O–H groups in total. The van der Waals surface area contributed by atoms with Crippen molar-refractivity contribution in [1.82, 2.24) is 0 Å². The van der Waals surface area contributed by atoms with Gasteiger partial charge >= 0.3 is 39.5 Å². The third-order valence-electron chi connectivity index (χ3n) is 21.6. The van der Waals surface area contributed by atoms with Crippen LogP contribution < -0.4 is 0 Å². The average molecular weight is 1590 g/mol. The summed E-state index contributed by atoms with van der Waals surface area (Å²) in [5, 5.41) is 10.7. The van der Waals surface area contributed by atoms with Gasteiger partial charge in [-0.15, -0.1) is 0 Å². The van der Waals surface area contributed by atoms with E-state index in [1.54, 1.807) is 0 Å². The molecule has 0 aromatic heterocycles. The zero-order valence-corrected chi connectivity index (χ0v) is 73.7. The molecule has 0 radical (unpaired) electrons. The number of carbonyl (C=O) groups is 4. The lowest BCUT2D eigenvalue weighted by Gasteiger charge is -2.21. The van der Waals surface area contributed by atoms with Crippen molar-refractivity contribution in [1.29, 1.82) is 0 Å². The van der Waals surface area contributed by atoms with Crippen LogP contribution >= 0.6 is 15.6 Å². The van der Waals surface area contributed by atoms with Crippen molar-refractivity contribution < 1.29 is 80.2 Å². The van der Waals surface area contributed by atoms with Crippen molar-refractivity contribution in [3.8, 4) is 0 Å². The number of esters is 4. The first-order valence-electron chi connectivity index (χ1n) is 46.5. The molecule has 0 aromatic carbocycles. The van der Waals surface area contributed by atoms with Crippen LogP contribution in [0.15, 0.2) is 0 Å². The molecule has 0 bridgehead atoms. The lowest BCUT2D eigenvalue weighted by molar-refractivity contribution is -0.161. The van der Waals surface area contributed by atoms with E-state index in [4.69, 9.17) is 37.0 Å². The Balaban J connectivity index is 5.22. The van der Waals surface area contributed by atoms with Gasteiger partial charge in [0.05, 0.1) is 26.4 Å². The van der Waals surface area contributed by atoms with E-state index in [9.17, 15) is 43.2 Å².